The van der Waals surface area contributed by atoms with Crippen LogP contribution in [0, 0.1) is 15.5 Å². The lowest BCUT2D eigenvalue weighted by Crippen LogP contribution is -2.34. The summed E-state index contributed by atoms with van der Waals surface area (Å²) in [5.41, 5.74) is 0.946. The van der Waals surface area contributed by atoms with Gasteiger partial charge >= 0.3 is 0 Å². The second kappa shape index (κ2) is 4.53. The summed E-state index contributed by atoms with van der Waals surface area (Å²) in [6.45, 7) is 6.11. The fourth-order valence-electron chi connectivity index (χ4n) is 3.05. The Balaban J connectivity index is 1.94. The van der Waals surface area contributed by atoms with E-state index in [1.54, 1.807) is 12.1 Å². The van der Waals surface area contributed by atoms with E-state index >= 15 is 0 Å². The van der Waals surface area contributed by atoms with Crippen LogP contribution in [0.25, 0.3) is 0 Å². The highest BCUT2D eigenvalue weighted by molar-refractivity contribution is 5.85. The summed E-state index contributed by atoms with van der Waals surface area (Å²) in [5, 5.41) is 14.2. The van der Waals surface area contributed by atoms with E-state index in [0.717, 1.165) is 12.0 Å². The molecule has 112 valence electrons. The Morgan fingerprint density at radius 3 is 2.67 bits per heavy atom. The number of benzene rings is 1. The number of nitro benzene ring substituents is 1. The Morgan fingerprint density at radius 2 is 2.10 bits per heavy atom. The molecule has 1 amide bonds. The van der Waals surface area contributed by atoms with Gasteiger partial charge in [-0.25, -0.2) is 0 Å². The first-order valence-corrected chi connectivity index (χ1v) is 7.14. The third-order valence-corrected chi connectivity index (χ3v) is 4.50. The normalized spacial score (nSPS) is 30.5. The van der Waals surface area contributed by atoms with Gasteiger partial charge in [-0.2, -0.15) is 0 Å². The lowest BCUT2D eigenvalue weighted by atomic mass is 10.1. The molecule has 1 heterocycles. The van der Waals surface area contributed by atoms with Gasteiger partial charge in [-0.3, -0.25) is 20.2 Å². The number of carbonyl (C=O) groups excluding carboxylic acids is 1. The lowest BCUT2D eigenvalue weighted by Gasteiger charge is -2.26. The minimum Gasteiger partial charge on any atom is -0.318 e. The van der Waals surface area contributed by atoms with Crippen molar-refractivity contribution in [3.05, 3.63) is 39.9 Å². The molecule has 1 saturated carbocycles. The summed E-state index contributed by atoms with van der Waals surface area (Å²) in [7, 11) is 0. The van der Waals surface area contributed by atoms with Crippen LogP contribution in [0.3, 0.4) is 0 Å². The molecule has 2 aliphatic rings. The summed E-state index contributed by atoms with van der Waals surface area (Å²) in [6, 6.07) is 6.45. The standard InChI is InChI=1S/C15H19N3O3/c1-9-14(19)17(12-8-15(12,2)3)13(16-9)10-5-4-6-11(7-10)18(20)21/h4-7,9,12-13,16H,8H2,1-3H3. The molecule has 3 atom stereocenters. The maximum Gasteiger partial charge on any atom is 0.269 e. The third kappa shape index (κ3) is 2.29. The highest BCUT2D eigenvalue weighted by Gasteiger charge is 2.56. The molecular weight excluding hydrogens is 270 g/mol. The summed E-state index contributed by atoms with van der Waals surface area (Å²) in [6.07, 6.45) is 0.692. The number of hydrogen-bond donors (Lipinski definition) is 1. The van der Waals surface area contributed by atoms with Crippen LogP contribution in [0.4, 0.5) is 5.69 Å². The average molecular weight is 289 g/mol. The van der Waals surface area contributed by atoms with Gasteiger partial charge in [-0.05, 0) is 24.3 Å². The van der Waals surface area contributed by atoms with Crippen molar-refractivity contribution in [1.82, 2.24) is 10.2 Å². The first-order chi connectivity index (χ1) is 9.81. The fourth-order valence-corrected chi connectivity index (χ4v) is 3.05. The smallest absolute Gasteiger partial charge is 0.269 e. The van der Waals surface area contributed by atoms with E-state index in [1.165, 1.54) is 6.07 Å². The quantitative estimate of drug-likeness (QED) is 0.684. The number of carbonyl (C=O) groups is 1. The van der Waals surface area contributed by atoms with Crippen LogP contribution in [0.15, 0.2) is 24.3 Å². The molecule has 6 heteroatoms. The van der Waals surface area contributed by atoms with Crippen LogP contribution in [-0.2, 0) is 4.79 Å². The molecule has 0 aromatic heterocycles. The minimum absolute atomic E-state index is 0.0521. The molecule has 2 fully saturated rings. The van der Waals surface area contributed by atoms with Crippen LogP contribution in [0.5, 0.6) is 0 Å². The van der Waals surface area contributed by atoms with Crippen LogP contribution in [-0.4, -0.2) is 27.8 Å². The van der Waals surface area contributed by atoms with Crippen LogP contribution in [0.2, 0.25) is 0 Å². The summed E-state index contributed by atoms with van der Waals surface area (Å²) >= 11 is 0. The van der Waals surface area contributed by atoms with E-state index in [-0.39, 0.29) is 35.3 Å². The molecule has 21 heavy (non-hydrogen) atoms. The predicted molar refractivity (Wildman–Crippen MR) is 77.5 cm³/mol. The van der Waals surface area contributed by atoms with Gasteiger partial charge in [0.1, 0.15) is 6.17 Å². The van der Waals surface area contributed by atoms with Gasteiger partial charge in [0.05, 0.1) is 11.0 Å². The minimum atomic E-state index is -0.408. The monoisotopic (exact) mass is 289 g/mol. The van der Waals surface area contributed by atoms with Gasteiger partial charge in [0.15, 0.2) is 0 Å². The zero-order valence-corrected chi connectivity index (χ0v) is 12.4. The highest BCUT2D eigenvalue weighted by atomic mass is 16.6. The van der Waals surface area contributed by atoms with Crippen molar-refractivity contribution in [3.8, 4) is 0 Å². The van der Waals surface area contributed by atoms with E-state index in [2.05, 4.69) is 19.2 Å². The number of nitro groups is 1. The van der Waals surface area contributed by atoms with E-state index in [9.17, 15) is 14.9 Å². The van der Waals surface area contributed by atoms with Crippen molar-refractivity contribution in [2.24, 2.45) is 5.41 Å². The molecule has 1 saturated heterocycles. The Morgan fingerprint density at radius 1 is 1.43 bits per heavy atom. The fraction of sp³-hybridized carbons (Fsp3) is 0.533. The second-order valence-corrected chi connectivity index (χ2v) is 6.60. The van der Waals surface area contributed by atoms with E-state index in [4.69, 9.17) is 0 Å². The largest absolute Gasteiger partial charge is 0.318 e. The van der Waals surface area contributed by atoms with Gasteiger partial charge in [-0.15, -0.1) is 0 Å². The van der Waals surface area contributed by atoms with Crippen LogP contribution >= 0.6 is 0 Å². The van der Waals surface area contributed by atoms with Gasteiger partial charge in [0, 0.05) is 18.2 Å². The first kappa shape index (κ1) is 14.0. The number of amides is 1. The number of nitrogens with one attached hydrogen (secondary N) is 1. The van der Waals surface area contributed by atoms with Crippen molar-refractivity contribution in [3.63, 3.8) is 0 Å². The molecule has 1 aromatic carbocycles. The molecule has 1 aliphatic heterocycles. The highest BCUT2D eigenvalue weighted by Crippen LogP contribution is 2.51. The van der Waals surface area contributed by atoms with Crippen molar-refractivity contribution in [2.75, 3.05) is 0 Å². The van der Waals surface area contributed by atoms with Gasteiger partial charge in [0.25, 0.3) is 5.69 Å². The molecule has 3 unspecified atom stereocenters. The Kier molecular flexibility index (Phi) is 3.02. The average Bonchev–Trinajstić information content (AvgIpc) is 2.94. The number of non-ortho nitro benzene ring substituents is 1. The molecular formula is C15H19N3O3. The van der Waals surface area contributed by atoms with Crippen molar-refractivity contribution >= 4 is 11.6 Å². The molecule has 0 bridgehead atoms. The molecule has 6 nitrogen and oxygen atoms in total. The lowest BCUT2D eigenvalue weighted by molar-refractivity contribution is -0.385. The number of hydrogen-bond acceptors (Lipinski definition) is 4. The molecule has 0 radical (unpaired) electrons. The van der Waals surface area contributed by atoms with Gasteiger partial charge < -0.3 is 4.90 Å². The summed E-state index contributed by atoms with van der Waals surface area (Å²) in [5.74, 6) is 0.0714. The zero-order chi connectivity index (χ0) is 15.4. The zero-order valence-electron chi connectivity index (χ0n) is 12.4. The van der Waals surface area contributed by atoms with Crippen LogP contribution in [0.1, 0.15) is 38.9 Å². The third-order valence-electron chi connectivity index (χ3n) is 4.50. The second-order valence-electron chi connectivity index (χ2n) is 6.60. The first-order valence-electron chi connectivity index (χ1n) is 7.14. The van der Waals surface area contributed by atoms with Gasteiger partial charge in [-0.1, -0.05) is 26.0 Å². The number of nitrogens with zero attached hydrogens (tertiary/aromatic N) is 2. The van der Waals surface area contributed by atoms with Crippen molar-refractivity contribution in [2.45, 2.75) is 45.4 Å². The summed E-state index contributed by atoms with van der Waals surface area (Å²) in [4.78, 5) is 24.8. The molecule has 1 N–H and O–H groups in total. The van der Waals surface area contributed by atoms with E-state index in [0.29, 0.717) is 0 Å². The van der Waals surface area contributed by atoms with E-state index < -0.39 is 4.92 Å². The SMILES string of the molecule is CC1NC(c2cccc([N+](=O)[O-])c2)N(C2CC2(C)C)C1=O. The Bertz CT molecular complexity index is 614. The number of rotatable bonds is 3. The predicted octanol–water partition coefficient (Wildman–Crippen LogP) is 2.21. The van der Waals surface area contributed by atoms with Gasteiger partial charge in [0.2, 0.25) is 5.91 Å². The maximum absolute atomic E-state index is 12.4. The van der Waals surface area contributed by atoms with Crippen molar-refractivity contribution < 1.29 is 9.72 Å². The Labute approximate surface area is 123 Å². The Hall–Kier alpha value is -1.95. The van der Waals surface area contributed by atoms with E-state index in [1.807, 2.05) is 17.9 Å². The maximum atomic E-state index is 12.4. The molecule has 1 aliphatic carbocycles. The molecule has 0 spiro atoms. The topological polar surface area (TPSA) is 75.5 Å². The molecule has 1 aromatic rings. The molecule has 3 rings (SSSR count). The van der Waals surface area contributed by atoms with Crippen molar-refractivity contribution in [1.29, 1.82) is 0 Å². The van der Waals surface area contributed by atoms with Crippen LogP contribution < -0.4 is 5.32 Å². The summed E-state index contributed by atoms with van der Waals surface area (Å²) < 4.78 is 0.